The maximum atomic E-state index is 12.9. The Morgan fingerprint density at radius 1 is 1.21 bits per heavy atom. The van der Waals surface area contributed by atoms with E-state index in [1.807, 2.05) is 23.6 Å². The first-order valence-corrected chi connectivity index (χ1v) is 8.32. The Balaban J connectivity index is 1.76. The Morgan fingerprint density at radius 2 is 1.96 bits per heavy atom. The fraction of sp³-hybridized carbons (Fsp3) is 0.647. The summed E-state index contributed by atoms with van der Waals surface area (Å²) in [5, 5.41) is 0. The molecule has 4 nitrogen and oxygen atoms in total. The molecule has 1 aromatic heterocycles. The first-order valence-electron chi connectivity index (χ1n) is 8.32. The maximum Gasteiger partial charge on any atom is 0.417 e. The predicted octanol–water partition coefficient (Wildman–Crippen LogP) is 3.33. The van der Waals surface area contributed by atoms with E-state index in [4.69, 9.17) is 0 Å². The standard InChI is InChI=1S/C17H22F3N3O/c1-12(2)23-8-3-6-16(15(23)24)7-9-22(11-16)14-5-4-13(10-21-14)17(18,19)20/h4-5,10,12H,3,6-9,11H2,1-2H3/t16-/m1/s1. The zero-order chi connectivity index (χ0) is 17.5. The van der Waals surface area contributed by atoms with E-state index >= 15 is 0 Å². The SMILES string of the molecule is CC(C)N1CCC[C@]2(CCN(c3ccc(C(F)(F)F)cn3)C2)C1=O. The molecule has 2 fully saturated rings. The van der Waals surface area contributed by atoms with E-state index in [0.717, 1.165) is 38.1 Å². The highest BCUT2D eigenvalue weighted by Crippen LogP contribution is 2.42. The van der Waals surface area contributed by atoms with Gasteiger partial charge in [-0.05, 0) is 45.2 Å². The second-order valence-electron chi connectivity index (χ2n) is 7.05. The van der Waals surface area contributed by atoms with Crippen LogP contribution in [0.4, 0.5) is 19.0 Å². The van der Waals surface area contributed by atoms with Gasteiger partial charge in [-0.25, -0.2) is 4.98 Å². The molecule has 0 radical (unpaired) electrons. The van der Waals surface area contributed by atoms with Gasteiger partial charge in [0, 0.05) is 31.9 Å². The number of aromatic nitrogens is 1. The summed E-state index contributed by atoms with van der Waals surface area (Å²) >= 11 is 0. The fourth-order valence-corrected chi connectivity index (χ4v) is 3.78. The highest BCUT2D eigenvalue weighted by molar-refractivity contribution is 5.85. The van der Waals surface area contributed by atoms with Crippen molar-refractivity contribution < 1.29 is 18.0 Å². The van der Waals surface area contributed by atoms with Gasteiger partial charge in [0.1, 0.15) is 5.82 Å². The summed E-state index contributed by atoms with van der Waals surface area (Å²) in [6.45, 7) is 6.00. The van der Waals surface area contributed by atoms with Crippen molar-refractivity contribution in [3.8, 4) is 0 Å². The molecule has 2 aliphatic rings. The molecule has 1 amide bonds. The minimum Gasteiger partial charge on any atom is -0.356 e. The zero-order valence-corrected chi connectivity index (χ0v) is 13.9. The Morgan fingerprint density at radius 3 is 2.54 bits per heavy atom. The van der Waals surface area contributed by atoms with Crippen molar-refractivity contribution in [1.29, 1.82) is 0 Å². The molecule has 0 aromatic carbocycles. The lowest BCUT2D eigenvalue weighted by Crippen LogP contribution is -2.52. The number of likely N-dealkylation sites (tertiary alicyclic amines) is 1. The molecule has 0 unspecified atom stereocenters. The number of hydrogen-bond acceptors (Lipinski definition) is 3. The van der Waals surface area contributed by atoms with Crippen LogP contribution in [-0.4, -0.2) is 41.5 Å². The van der Waals surface area contributed by atoms with Gasteiger partial charge in [-0.15, -0.1) is 0 Å². The van der Waals surface area contributed by atoms with Crippen molar-refractivity contribution in [2.45, 2.75) is 45.3 Å². The third kappa shape index (κ3) is 2.96. The van der Waals surface area contributed by atoms with Gasteiger partial charge in [-0.1, -0.05) is 0 Å². The summed E-state index contributed by atoms with van der Waals surface area (Å²) in [5.41, 5.74) is -1.16. The van der Waals surface area contributed by atoms with Gasteiger partial charge in [0.2, 0.25) is 5.91 Å². The third-order valence-electron chi connectivity index (χ3n) is 5.15. The van der Waals surface area contributed by atoms with Crippen molar-refractivity contribution in [3.05, 3.63) is 23.9 Å². The maximum absolute atomic E-state index is 12.9. The highest BCUT2D eigenvalue weighted by Gasteiger charge is 2.49. The van der Waals surface area contributed by atoms with Gasteiger partial charge in [0.15, 0.2) is 0 Å². The molecule has 7 heteroatoms. The molecule has 0 N–H and O–H groups in total. The number of rotatable bonds is 2. The van der Waals surface area contributed by atoms with Crippen LogP contribution in [0.3, 0.4) is 0 Å². The molecule has 132 valence electrons. The molecule has 0 saturated carbocycles. The van der Waals surface area contributed by atoms with Gasteiger partial charge in [-0.2, -0.15) is 13.2 Å². The van der Waals surface area contributed by atoms with Crippen LogP contribution >= 0.6 is 0 Å². The summed E-state index contributed by atoms with van der Waals surface area (Å²) in [4.78, 5) is 20.7. The molecule has 2 saturated heterocycles. The van der Waals surface area contributed by atoms with Crippen molar-refractivity contribution in [1.82, 2.24) is 9.88 Å². The van der Waals surface area contributed by atoms with E-state index in [0.29, 0.717) is 18.9 Å². The van der Waals surface area contributed by atoms with Gasteiger partial charge in [0.25, 0.3) is 0 Å². The van der Waals surface area contributed by atoms with Gasteiger partial charge in [0.05, 0.1) is 11.0 Å². The molecular weight excluding hydrogens is 319 g/mol. The van der Waals surface area contributed by atoms with E-state index in [2.05, 4.69) is 4.98 Å². The van der Waals surface area contributed by atoms with Crippen LogP contribution in [0.2, 0.25) is 0 Å². The Hall–Kier alpha value is -1.79. The van der Waals surface area contributed by atoms with E-state index in [9.17, 15) is 18.0 Å². The number of amides is 1. The lowest BCUT2D eigenvalue weighted by atomic mass is 9.78. The average molecular weight is 341 g/mol. The van der Waals surface area contributed by atoms with Crippen LogP contribution in [0.15, 0.2) is 18.3 Å². The molecule has 3 heterocycles. The fourth-order valence-electron chi connectivity index (χ4n) is 3.78. The number of anilines is 1. The number of nitrogens with zero attached hydrogens (tertiary/aromatic N) is 3. The molecule has 3 rings (SSSR count). The topological polar surface area (TPSA) is 36.4 Å². The first-order chi connectivity index (χ1) is 11.2. The van der Waals surface area contributed by atoms with E-state index in [1.54, 1.807) is 0 Å². The van der Waals surface area contributed by atoms with E-state index < -0.39 is 17.2 Å². The summed E-state index contributed by atoms with van der Waals surface area (Å²) in [6, 6.07) is 2.62. The van der Waals surface area contributed by atoms with Gasteiger partial charge in [-0.3, -0.25) is 4.79 Å². The van der Waals surface area contributed by atoms with Gasteiger partial charge >= 0.3 is 6.18 Å². The molecular formula is C17H22F3N3O. The predicted molar refractivity (Wildman–Crippen MR) is 84.6 cm³/mol. The number of halogens is 3. The van der Waals surface area contributed by atoms with E-state index in [-0.39, 0.29) is 11.9 Å². The van der Waals surface area contributed by atoms with Crippen molar-refractivity contribution >= 4 is 11.7 Å². The molecule has 1 spiro atoms. The quantitative estimate of drug-likeness (QED) is 0.828. The smallest absolute Gasteiger partial charge is 0.356 e. The Kier molecular flexibility index (Phi) is 4.21. The lowest BCUT2D eigenvalue weighted by molar-refractivity contribution is -0.147. The number of alkyl halides is 3. The lowest BCUT2D eigenvalue weighted by Gasteiger charge is -2.41. The number of carbonyl (C=O) groups excluding carboxylic acids is 1. The normalized spacial score (nSPS) is 25.2. The highest BCUT2D eigenvalue weighted by atomic mass is 19.4. The summed E-state index contributed by atoms with van der Waals surface area (Å²) in [6.07, 6.45) is -0.972. The van der Waals surface area contributed by atoms with Crippen LogP contribution in [0.25, 0.3) is 0 Å². The Labute approximate surface area is 139 Å². The monoisotopic (exact) mass is 341 g/mol. The number of hydrogen-bond donors (Lipinski definition) is 0. The second kappa shape index (κ2) is 5.93. The molecule has 0 bridgehead atoms. The van der Waals surface area contributed by atoms with Crippen LogP contribution in [0.1, 0.15) is 38.7 Å². The number of pyridine rings is 1. The van der Waals surface area contributed by atoms with Crippen LogP contribution in [-0.2, 0) is 11.0 Å². The number of piperidine rings is 1. The Bertz CT molecular complexity index is 615. The molecule has 2 aliphatic heterocycles. The third-order valence-corrected chi connectivity index (χ3v) is 5.15. The minimum atomic E-state index is -4.38. The molecule has 1 atom stereocenters. The van der Waals surface area contributed by atoms with Gasteiger partial charge < -0.3 is 9.80 Å². The molecule has 1 aromatic rings. The first kappa shape index (κ1) is 17.0. The summed E-state index contributed by atoms with van der Waals surface area (Å²) in [5.74, 6) is 0.688. The van der Waals surface area contributed by atoms with Crippen molar-refractivity contribution in [2.24, 2.45) is 5.41 Å². The van der Waals surface area contributed by atoms with E-state index in [1.165, 1.54) is 6.07 Å². The zero-order valence-electron chi connectivity index (χ0n) is 13.9. The van der Waals surface area contributed by atoms with Crippen LogP contribution < -0.4 is 4.90 Å². The number of carbonyl (C=O) groups is 1. The molecule has 0 aliphatic carbocycles. The summed E-state index contributed by atoms with van der Waals surface area (Å²) in [7, 11) is 0. The largest absolute Gasteiger partial charge is 0.417 e. The minimum absolute atomic E-state index is 0.174. The summed E-state index contributed by atoms with van der Waals surface area (Å²) < 4.78 is 37.9. The van der Waals surface area contributed by atoms with Crippen molar-refractivity contribution in [2.75, 3.05) is 24.5 Å². The molecule has 24 heavy (non-hydrogen) atoms. The van der Waals surface area contributed by atoms with Crippen molar-refractivity contribution in [3.63, 3.8) is 0 Å². The van der Waals surface area contributed by atoms with Crippen LogP contribution in [0, 0.1) is 5.41 Å². The van der Waals surface area contributed by atoms with Crippen LogP contribution in [0.5, 0.6) is 0 Å². The average Bonchev–Trinajstić information content (AvgIpc) is 2.94. The second-order valence-corrected chi connectivity index (χ2v) is 7.05.